The lowest BCUT2D eigenvalue weighted by atomic mass is 10.0. The summed E-state index contributed by atoms with van der Waals surface area (Å²) in [6.07, 6.45) is 3.45. The van der Waals surface area contributed by atoms with Crippen LogP contribution in [-0.2, 0) is 9.84 Å². The van der Waals surface area contributed by atoms with Crippen molar-refractivity contribution in [2.75, 3.05) is 17.2 Å². The summed E-state index contributed by atoms with van der Waals surface area (Å²) in [5.41, 5.74) is 5.97. The van der Waals surface area contributed by atoms with Gasteiger partial charge in [-0.25, -0.2) is 18.4 Å². The fourth-order valence-corrected chi connectivity index (χ4v) is 5.46. The van der Waals surface area contributed by atoms with Crippen LogP contribution in [0.15, 0.2) is 12.4 Å². The van der Waals surface area contributed by atoms with Crippen LogP contribution in [0.1, 0.15) is 23.0 Å². The summed E-state index contributed by atoms with van der Waals surface area (Å²) in [6.45, 7) is 1.73. The number of rotatable bonds is 2. The Labute approximate surface area is 125 Å². The Morgan fingerprint density at radius 2 is 2.14 bits per heavy atom. The normalized spacial score (nSPS) is 24.2. The molecule has 2 aromatic heterocycles. The minimum atomic E-state index is -3.08. The molecule has 21 heavy (non-hydrogen) atoms. The van der Waals surface area contributed by atoms with Gasteiger partial charge in [-0.15, -0.1) is 11.3 Å². The van der Waals surface area contributed by atoms with Crippen LogP contribution in [0.4, 0.5) is 5.69 Å². The molecule has 0 spiro atoms. The summed E-state index contributed by atoms with van der Waals surface area (Å²) >= 11 is 1.15. The van der Waals surface area contributed by atoms with Crippen molar-refractivity contribution in [2.24, 2.45) is 0 Å². The van der Waals surface area contributed by atoms with Crippen LogP contribution >= 0.6 is 11.3 Å². The van der Waals surface area contributed by atoms with Crippen molar-refractivity contribution in [2.45, 2.75) is 18.9 Å². The lowest BCUT2D eigenvalue weighted by Crippen LogP contribution is -2.46. The molecule has 3 rings (SSSR count). The molecule has 0 bridgehead atoms. The van der Waals surface area contributed by atoms with E-state index in [0.29, 0.717) is 21.6 Å². The third kappa shape index (κ3) is 2.58. The highest BCUT2D eigenvalue weighted by molar-refractivity contribution is 7.91. The fourth-order valence-electron chi connectivity index (χ4n) is 2.45. The van der Waals surface area contributed by atoms with Crippen LogP contribution in [0.5, 0.6) is 0 Å². The van der Waals surface area contributed by atoms with E-state index in [1.54, 1.807) is 6.92 Å². The standard InChI is InChI=1S/C12H14N4O3S2/c1-12(2-5-21(18,19)6-12)16-10(17)9-7(13)8-11(20-9)15-4-3-14-8/h3-4H,2,5-6,13H2,1H3,(H,16,17). The van der Waals surface area contributed by atoms with Crippen LogP contribution < -0.4 is 11.1 Å². The van der Waals surface area contributed by atoms with Crippen molar-refractivity contribution in [3.8, 4) is 0 Å². The number of fused-ring (bicyclic) bond motifs is 1. The molecule has 0 radical (unpaired) electrons. The number of sulfone groups is 1. The van der Waals surface area contributed by atoms with Crippen molar-refractivity contribution < 1.29 is 13.2 Å². The van der Waals surface area contributed by atoms with Crippen molar-refractivity contribution >= 4 is 43.1 Å². The minimum absolute atomic E-state index is 0.0486. The Morgan fingerprint density at radius 3 is 2.76 bits per heavy atom. The van der Waals surface area contributed by atoms with Crippen molar-refractivity contribution in [3.63, 3.8) is 0 Å². The second-order valence-corrected chi connectivity index (χ2v) is 8.59. The molecular formula is C12H14N4O3S2. The first kappa shape index (κ1) is 14.2. The first-order valence-corrected chi connectivity index (χ1v) is 8.95. The number of nitrogens with one attached hydrogen (secondary N) is 1. The monoisotopic (exact) mass is 326 g/mol. The summed E-state index contributed by atoms with van der Waals surface area (Å²) in [7, 11) is -3.08. The molecule has 1 unspecified atom stereocenters. The summed E-state index contributed by atoms with van der Waals surface area (Å²) in [5, 5.41) is 2.79. The number of aromatic nitrogens is 2. The third-order valence-electron chi connectivity index (χ3n) is 3.49. The van der Waals surface area contributed by atoms with Gasteiger partial charge in [0.1, 0.15) is 15.2 Å². The van der Waals surface area contributed by atoms with E-state index in [-0.39, 0.29) is 23.1 Å². The SMILES string of the molecule is CC1(NC(=O)c2sc3nccnc3c2N)CCS(=O)(=O)C1. The molecule has 7 nitrogen and oxygen atoms in total. The highest BCUT2D eigenvalue weighted by Crippen LogP contribution is 2.31. The Balaban J connectivity index is 1.90. The molecule has 0 saturated carbocycles. The summed E-state index contributed by atoms with van der Waals surface area (Å²) in [4.78, 5) is 21.5. The smallest absolute Gasteiger partial charge is 0.264 e. The lowest BCUT2D eigenvalue weighted by molar-refractivity contribution is 0.0920. The van der Waals surface area contributed by atoms with Crippen LogP contribution in [0.25, 0.3) is 10.3 Å². The molecule has 3 N–H and O–H groups in total. The molecule has 2 aromatic rings. The third-order valence-corrected chi connectivity index (χ3v) is 6.49. The number of thiophene rings is 1. The van der Waals surface area contributed by atoms with Gasteiger partial charge in [-0.2, -0.15) is 0 Å². The first-order chi connectivity index (χ1) is 9.80. The van der Waals surface area contributed by atoms with Crippen molar-refractivity contribution in [1.29, 1.82) is 0 Å². The molecule has 1 amide bonds. The number of nitrogens with zero attached hydrogens (tertiary/aromatic N) is 2. The van der Waals surface area contributed by atoms with E-state index in [1.807, 2.05) is 0 Å². The molecule has 0 aliphatic carbocycles. The quantitative estimate of drug-likeness (QED) is 0.834. The number of carbonyl (C=O) groups excluding carboxylic acids is 1. The highest BCUT2D eigenvalue weighted by Gasteiger charge is 2.40. The molecule has 112 valence electrons. The second kappa shape index (κ2) is 4.63. The topological polar surface area (TPSA) is 115 Å². The van der Waals surface area contributed by atoms with Crippen LogP contribution in [-0.4, -0.2) is 41.3 Å². The molecule has 1 atom stereocenters. The maximum atomic E-state index is 12.4. The molecule has 9 heteroatoms. The van der Waals surface area contributed by atoms with Gasteiger partial charge < -0.3 is 11.1 Å². The largest absolute Gasteiger partial charge is 0.396 e. The van der Waals surface area contributed by atoms with E-state index in [1.165, 1.54) is 12.4 Å². The second-order valence-electron chi connectivity index (χ2n) is 5.41. The van der Waals surface area contributed by atoms with E-state index in [2.05, 4.69) is 15.3 Å². The lowest BCUT2D eigenvalue weighted by Gasteiger charge is -2.23. The number of anilines is 1. The van der Waals surface area contributed by atoms with Gasteiger partial charge in [0.15, 0.2) is 9.84 Å². The van der Waals surface area contributed by atoms with Crippen molar-refractivity contribution in [3.05, 3.63) is 17.3 Å². The molecule has 3 heterocycles. The van der Waals surface area contributed by atoms with E-state index >= 15 is 0 Å². The molecule has 1 aliphatic heterocycles. The van der Waals surface area contributed by atoms with Crippen LogP contribution in [0.2, 0.25) is 0 Å². The average Bonchev–Trinajstić information content (AvgIpc) is 2.88. The zero-order chi connectivity index (χ0) is 15.3. The number of nitrogens with two attached hydrogens (primary N) is 1. The molecule has 0 aromatic carbocycles. The maximum Gasteiger partial charge on any atom is 0.264 e. The number of nitrogen functional groups attached to an aromatic ring is 1. The summed E-state index contributed by atoms with van der Waals surface area (Å²) in [6, 6.07) is 0. The van der Waals surface area contributed by atoms with E-state index in [4.69, 9.17) is 5.73 Å². The zero-order valence-corrected chi connectivity index (χ0v) is 12.9. The predicted octanol–water partition coefficient (Wildman–Crippen LogP) is 0.581. The summed E-state index contributed by atoms with van der Waals surface area (Å²) < 4.78 is 23.2. The van der Waals surface area contributed by atoms with Gasteiger partial charge in [0.2, 0.25) is 0 Å². The van der Waals surface area contributed by atoms with Gasteiger partial charge in [0.25, 0.3) is 5.91 Å². The van der Waals surface area contributed by atoms with E-state index in [9.17, 15) is 13.2 Å². The Hall–Kier alpha value is -1.74. The van der Waals surface area contributed by atoms with Crippen LogP contribution in [0.3, 0.4) is 0 Å². The zero-order valence-electron chi connectivity index (χ0n) is 11.3. The Bertz CT molecular complexity index is 830. The van der Waals surface area contributed by atoms with E-state index < -0.39 is 15.4 Å². The van der Waals surface area contributed by atoms with Crippen molar-refractivity contribution in [1.82, 2.24) is 15.3 Å². The van der Waals surface area contributed by atoms with Gasteiger partial charge >= 0.3 is 0 Å². The van der Waals surface area contributed by atoms with E-state index in [0.717, 1.165) is 11.3 Å². The molecule has 1 saturated heterocycles. The number of amides is 1. The Morgan fingerprint density at radius 1 is 1.43 bits per heavy atom. The summed E-state index contributed by atoms with van der Waals surface area (Å²) in [5.74, 6) is -0.334. The number of hydrogen-bond donors (Lipinski definition) is 2. The number of carbonyl (C=O) groups is 1. The van der Waals surface area contributed by atoms with Gasteiger partial charge in [0, 0.05) is 12.4 Å². The molecule has 1 fully saturated rings. The first-order valence-electron chi connectivity index (χ1n) is 6.32. The predicted molar refractivity (Wildman–Crippen MR) is 81.0 cm³/mol. The fraction of sp³-hybridized carbons (Fsp3) is 0.417. The molecular weight excluding hydrogens is 312 g/mol. The maximum absolute atomic E-state index is 12.4. The van der Waals surface area contributed by atoms with Crippen LogP contribution in [0, 0.1) is 0 Å². The Kier molecular flexibility index (Phi) is 3.14. The average molecular weight is 326 g/mol. The van der Waals surface area contributed by atoms with Gasteiger partial charge in [-0.3, -0.25) is 4.79 Å². The highest BCUT2D eigenvalue weighted by atomic mass is 32.2. The van der Waals surface area contributed by atoms with Gasteiger partial charge in [-0.05, 0) is 13.3 Å². The molecule has 1 aliphatic rings. The van der Waals surface area contributed by atoms with Gasteiger partial charge in [0.05, 0.1) is 22.7 Å². The minimum Gasteiger partial charge on any atom is -0.396 e. The van der Waals surface area contributed by atoms with Gasteiger partial charge in [-0.1, -0.05) is 0 Å². The number of hydrogen-bond acceptors (Lipinski definition) is 7.